The van der Waals surface area contributed by atoms with Crippen LogP contribution in [0.25, 0.3) is 0 Å². The molecule has 3 saturated carbocycles. The van der Waals surface area contributed by atoms with Gasteiger partial charge in [0, 0.05) is 36.3 Å². The van der Waals surface area contributed by atoms with Crippen molar-refractivity contribution in [1.82, 2.24) is 15.1 Å². The van der Waals surface area contributed by atoms with Crippen LogP contribution in [0.15, 0.2) is 103 Å². The van der Waals surface area contributed by atoms with Crippen molar-refractivity contribution >= 4 is 28.6 Å². The number of rotatable bonds is 6. The first-order valence-electron chi connectivity index (χ1n) is 23.5. The smallest absolute Gasteiger partial charge is 0.405 e. The van der Waals surface area contributed by atoms with Crippen LogP contribution in [-0.2, 0) is 27.5 Å². The molecule has 0 radical (unpaired) electrons. The van der Waals surface area contributed by atoms with Gasteiger partial charge >= 0.3 is 5.43 Å². The fourth-order valence-corrected chi connectivity index (χ4v) is 12.3. The highest BCUT2D eigenvalue weighted by Gasteiger charge is 2.45. The Labute approximate surface area is 400 Å². The van der Waals surface area contributed by atoms with Gasteiger partial charge in [-0.15, -0.1) is 0 Å². The third-order valence-electron chi connectivity index (χ3n) is 15.3. The molecule has 3 heterocycles. The van der Waals surface area contributed by atoms with Crippen molar-refractivity contribution in [3.05, 3.63) is 125 Å². The second-order valence-electron chi connectivity index (χ2n) is 19.3. The van der Waals surface area contributed by atoms with Crippen LogP contribution in [0.1, 0.15) is 140 Å². The van der Waals surface area contributed by atoms with Gasteiger partial charge in [0.2, 0.25) is 0 Å². The van der Waals surface area contributed by atoms with E-state index in [2.05, 4.69) is 75.4 Å². The summed E-state index contributed by atoms with van der Waals surface area (Å²) in [7, 11) is 2.25. The van der Waals surface area contributed by atoms with Crippen LogP contribution in [0, 0.1) is 0 Å². The van der Waals surface area contributed by atoms with E-state index in [-0.39, 0.29) is 20.3 Å². The van der Waals surface area contributed by atoms with E-state index in [0.29, 0.717) is 40.2 Å². The van der Waals surface area contributed by atoms with E-state index in [1.807, 2.05) is 36.4 Å². The zero-order valence-corrected chi connectivity index (χ0v) is 38.9. The summed E-state index contributed by atoms with van der Waals surface area (Å²) in [5, 5.41) is 32.8. The molecule has 65 heavy (non-hydrogen) atoms. The van der Waals surface area contributed by atoms with Gasteiger partial charge in [-0.1, -0.05) is 112 Å². The summed E-state index contributed by atoms with van der Waals surface area (Å²) in [5.74, 6) is 1.23. The Hall–Kier alpha value is -3.79. The molecule has 0 spiro atoms. The first-order valence-corrected chi connectivity index (χ1v) is 24.3. The van der Waals surface area contributed by atoms with Crippen molar-refractivity contribution in [1.29, 1.82) is 0 Å². The van der Waals surface area contributed by atoms with Crippen LogP contribution in [0.2, 0.25) is 0 Å². The normalized spacial score (nSPS) is 28.3. The van der Waals surface area contributed by atoms with Crippen LogP contribution < -0.4 is 5.32 Å². The van der Waals surface area contributed by atoms with Crippen LogP contribution in [0.5, 0.6) is 17.2 Å². The maximum atomic E-state index is 9.87. The molecule has 3 saturated heterocycles. The summed E-state index contributed by atoms with van der Waals surface area (Å²) in [6.45, 7) is 6.05. The van der Waals surface area contributed by atoms with Gasteiger partial charge in [0.1, 0.15) is 17.2 Å². The van der Waals surface area contributed by atoms with Gasteiger partial charge in [-0.25, -0.2) is 4.79 Å². The summed E-state index contributed by atoms with van der Waals surface area (Å²) in [4.78, 5) is 14.9. The first-order chi connectivity index (χ1) is 30.4. The lowest BCUT2D eigenvalue weighted by molar-refractivity contribution is 0.0458. The molecule has 0 aromatic heterocycles. The number of carbonyl (C=O) groups is 1. The Bertz CT molecular complexity index is 2080. The number of nitrogens with one attached hydrogen (secondary N) is 1. The molecule has 7 atom stereocenters. The number of halogens is 2. The number of likely N-dealkylation sites (tertiary alicyclic amines) is 2. The average molecular weight is 931 g/mol. The Morgan fingerprint density at radius 2 is 1.17 bits per heavy atom. The van der Waals surface area contributed by atoms with E-state index < -0.39 is 11.0 Å². The molecule has 3 aliphatic heterocycles. The standard InChI is InChI=1S/C21H25NO.C15H21NO.C14H19NO.C3H4Cl2O2.2CH4/c23-20-10-4-8-18(14-20)21-11-5-9-19(15-21)22(13-12-21)16-17-6-2-1-3-7-17;1-16-9-8-15(7-3-5-13(16)11-15)12-4-2-6-14(17)10-12;16-13-5-1-3-11(9-13)14-6-2-4-12(10-14)15-8-7-14;1-2(4)7-3(5)6;;/h1-4,6-8,10,14,19,23H,5,9,11-13,15-16H2;2,4,6,10,13,17H,3,5,7-9,11H2,1H3;1,3,5,9,12,15-16H,2,4,6-8,10H2;2H,1H3;2*1H4/t19-,21+;13-,15+;12-,14+;;;/m000.../s1. The van der Waals surface area contributed by atoms with Gasteiger partial charge in [0.15, 0.2) is 5.56 Å². The zero-order chi connectivity index (χ0) is 44.5. The highest BCUT2D eigenvalue weighted by atomic mass is 35.5. The average Bonchev–Trinajstić information content (AvgIpc) is 3.27. The molecule has 3 aliphatic carbocycles. The second kappa shape index (κ2) is 23.8. The summed E-state index contributed by atoms with van der Waals surface area (Å²) in [6.07, 6.45) is 19.2. The molecule has 1 unspecified atom stereocenters. The molecule has 356 valence electrons. The van der Waals surface area contributed by atoms with Crippen molar-refractivity contribution < 1.29 is 24.9 Å². The van der Waals surface area contributed by atoms with Crippen LogP contribution in [0.3, 0.4) is 0 Å². The van der Waals surface area contributed by atoms with E-state index in [0.717, 1.165) is 25.7 Å². The molecule has 10 heteroatoms. The molecule has 0 amide bonds. The fourth-order valence-electron chi connectivity index (χ4n) is 12.1. The minimum atomic E-state index is -0.873. The van der Waals surface area contributed by atoms with Gasteiger partial charge in [-0.2, -0.15) is 0 Å². The lowest BCUT2D eigenvalue weighted by Gasteiger charge is -2.51. The number of hydrogen-bond acceptors (Lipinski definition) is 8. The summed E-state index contributed by atoms with van der Waals surface area (Å²) < 4.78 is 4.14. The predicted octanol–water partition coefficient (Wildman–Crippen LogP) is 13.2. The molecule has 6 aliphatic rings. The minimum absolute atomic E-state index is 0. The minimum Gasteiger partial charge on any atom is -0.508 e. The van der Waals surface area contributed by atoms with Gasteiger partial charge in [-0.3, -0.25) is 4.90 Å². The third-order valence-corrected chi connectivity index (χ3v) is 15.5. The topological polar surface area (TPSA) is 106 Å². The molecule has 6 bridgehead atoms. The highest BCUT2D eigenvalue weighted by Crippen LogP contribution is 2.49. The van der Waals surface area contributed by atoms with E-state index in [1.165, 1.54) is 132 Å². The number of phenols is 3. The maximum Gasteiger partial charge on any atom is 0.405 e. The SMILES string of the molecule is C.C.CC(Cl)OC(=O)Cl.CN1CC[C@]2(c3cccc(O)c3)CCC[C@H]1C2.Oc1cccc([C@@]23CCC[C@@H](C2)N(Cc2ccccc2)CC3)c1.Oc1cccc([C@@]23CCC[C@@H](C2)NCC3)c1. The fraction of sp³-hybridized carbons (Fsp3) is 0.545. The number of phenolic OH excluding ortho intramolecular Hbond substituents is 3. The lowest BCUT2D eigenvalue weighted by Crippen LogP contribution is -2.51. The predicted molar refractivity (Wildman–Crippen MR) is 269 cm³/mol. The molecular formula is C55H77Cl2N3O5. The molecular weight excluding hydrogens is 854 g/mol. The Morgan fingerprint density at radius 3 is 1.68 bits per heavy atom. The van der Waals surface area contributed by atoms with Gasteiger partial charge < -0.3 is 30.3 Å². The summed E-state index contributed by atoms with van der Waals surface area (Å²) in [5.41, 5.74) is 4.93. The van der Waals surface area contributed by atoms with Crippen molar-refractivity contribution in [2.45, 2.75) is 165 Å². The van der Waals surface area contributed by atoms with Crippen LogP contribution in [-0.4, -0.2) is 80.9 Å². The number of piperidine rings is 3. The molecule has 4 aromatic carbocycles. The molecule has 6 fully saturated rings. The number of alkyl halides is 1. The Balaban J connectivity index is 0.000000171. The largest absolute Gasteiger partial charge is 0.508 e. The number of carbonyl (C=O) groups excluding carboxylic acids is 1. The van der Waals surface area contributed by atoms with E-state index >= 15 is 0 Å². The van der Waals surface area contributed by atoms with Gasteiger partial charge in [-0.05, 0) is 186 Å². The molecule has 4 aromatic rings. The van der Waals surface area contributed by atoms with Gasteiger partial charge in [0.25, 0.3) is 0 Å². The first kappa shape index (κ1) is 52.2. The van der Waals surface area contributed by atoms with E-state index in [9.17, 15) is 20.1 Å². The molecule has 10 rings (SSSR count). The third kappa shape index (κ3) is 13.4. The summed E-state index contributed by atoms with van der Waals surface area (Å²) in [6, 6.07) is 36.8. The van der Waals surface area contributed by atoms with E-state index in [4.69, 9.17) is 23.2 Å². The quantitative estimate of drug-likeness (QED) is 0.112. The Kier molecular flexibility index (Phi) is 19.1. The maximum absolute atomic E-state index is 9.87. The Morgan fingerprint density at radius 1 is 0.677 bits per heavy atom. The lowest BCUT2D eigenvalue weighted by atomic mass is 9.63. The van der Waals surface area contributed by atoms with Crippen LogP contribution >= 0.6 is 23.2 Å². The monoisotopic (exact) mass is 930 g/mol. The van der Waals surface area contributed by atoms with Crippen molar-refractivity contribution in [2.75, 3.05) is 26.7 Å². The van der Waals surface area contributed by atoms with Crippen molar-refractivity contribution in [3.8, 4) is 17.2 Å². The zero-order valence-electron chi connectivity index (χ0n) is 37.4. The van der Waals surface area contributed by atoms with Gasteiger partial charge in [0.05, 0.1) is 0 Å². The number of ether oxygens (including phenoxy) is 1. The molecule has 8 nitrogen and oxygen atoms in total. The highest BCUT2D eigenvalue weighted by molar-refractivity contribution is 6.61. The second-order valence-corrected chi connectivity index (χ2v) is 20.2. The molecule has 4 N–H and O–H groups in total. The van der Waals surface area contributed by atoms with Crippen molar-refractivity contribution in [3.63, 3.8) is 0 Å². The number of aromatic hydroxyl groups is 3. The number of hydrogen-bond donors (Lipinski definition) is 4. The number of fused-ring (bicyclic) bond motifs is 6. The summed E-state index contributed by atoms with van der Waals surface area (Å²) >= 11 is 9.87. The van der Waals surface area contributed by atoms with Crippen LogP contribution in [0.4, 0.5) is 4.79 Å². The number of benzene rings is 4. The van der Waals surface area contributed by atoms with E-state index in [1.54, 1.807) is 18.2 Å². The van der Waals surface area contributed by atoms with Crippen molar-refractivity contribution in [2.24, 2.45) is 0 Å². The number of nitrogens with zero attached hydrogens (tertiary/aromatic N) is 2.